The molecule has 1 fully saturated rings. The highest BCUT2D eigenvalue weighted by atomic mass is 35.5. The Morgan fingerprint density at radius 2 is 2.00 bits per heavy atom. The van der Waals surface area contributed by atoms with E-state index in [9.17, 15) is 13.2 Å². The van der Waals surface area contributed by atoms with Crippen LogP contribution in [-0.2, 0) is 10.0 Å². The van der Waals surface area contributed by atoms with Crippen LogP contribution >= 0.6 is 23.2 Å². The predicted octanol–water partition coefficient (Wildman–Crippen LogP) is 3.10. The molecule has 0 saturated carbocycles. The number of benzene rings is 1. The van der Waals surface area contributed by atoms with Gasteiger partial charge in [-0.15, -0.1) is 0 Å². The fraction of sp³-hybridized carbons (Fsp3) is 0.312. The minimum Gasteiger partial charge on any atom is -0.489 e. The number of halogens is 2. The molecule has 1 atom stereocenters. The molecule has 1 aliphatic heterocycles. The quantitative estimate of drug-likeness (QED) is 0.783. The van der Waals surface area contributed by atoms with Gasteiger partial charge in [-0.25, -0.2) is 13.2 Å². The van der Waals surface area contributed by atoms with E-state index in [4.69, 9.17) is 32.4 Å². The molecule has 0 N–H and O–H groups in total. The number of rotatable bonds is 4. The van der Waals surface area contributed by atoms with E-state index >= 15 is 0 Å². The molecule has 2 heterocycles. The van der Waals surface area contributed by atoms with Crippen molar-refractivity contribution in [3.05, 3.63) is 56.6 Å². The van der Waals surface area contributed by atoms with Crippen molar-refractivity contribution < 1.29 is 17.6 Å². The van der Waals surface area contributed by atoms with Crippen LogP contribution < -0.4 is 10.4 Å². The molecule has 9 heteroatoms. The third-order valence-corrected chi connectivity index (χ3v) is 6.37. The molecule has 1 aliphatic rings. The van der Waals surface area contributed by atoms with E-state index in [1.54, 1.807) is 13.0 Å². The van der Waals surface area contributed by atoms with Gasteiger partial charge in [0.05, 0.1) is 17.6 Å². The number of sulfonamides is 1. The van der Waals surface area contributed by atoms with Gasteiger partial charge in [-0.2, -0.15) is 4.31 Å². The maximum absolute atomic E-state index is 12.8. The van der Waals surface area contributed by atoms with Gasteiger partial charge in [0.25, 0.3) is 0 Å². The van der Waals surface area contributed by atoms with Crippen molar-refractivity contribution in [3.8, 4) is 5.75 Å². The summed E-state index contributed by atoms with van der Waals surface area (Å²) in [6.45, 7) is 2.08. The van der Waals surface area contributed by atoms with E-state index in [1.165, 1.54) is 28.6 Å². The van der Waals surface area contributed by atoms with Gasteiger partial charge in [0.2, 0.25) is 10.0 Å². The standard InChI is InChI=1S/C16H15Cl2NO5S/c1-10-6-13(8-16(20)23-10)24-12-4-5-19(9-12)25(21,22)15-7-11(17)2-3-14(15)18/h2-3,6-8,12H,4-5,9H2,1H3. The van der Waals surface area contributed by atoms with Gasteiger partial charge in [-0.1, -0.05) is 23.2 Å². The number of ether oxygens (including phenoxy) is 1. The molecular formula is C16H15Cl2NO5S. The number of hydrogen-bond donors (Lipinski definition) is 0. The van der Waals surface area contributed by atoms with E-state index in [0.717, 1.165) is 0 Å². The Kier molecular flexibility index (Phi) is 5.11. The molecule has 6 nitrogen and oxygen atoms in total. The Balaban J connectivity index is 1.78. The van der Waals surface area contributed by atoms with Gasteiger partial charge in [-0.05, 0) is 31.5 Å². The van der Waals surface area contributed by atoms with Gasteiger partial charge < -0.3 is 9.15 Å². The van der Waals surface area contributed by atoms with E-state index in [-0.39, 0.29) is 29.1 Å². The summed E-state index contributed by atoms with van der Waals surface area (Å²) in [6, 6.07) is 7.14. The molecular weight excluding hydrogens is 389 g/mol. The van der Waals surface area contributed by atoms with Gasteiger partial charge in [-0.3, -0.25) is 0 Å². The van der Waals surface area contributed by atoms with Gasteiger partial charge >= 0.3 is 5.63 Å². The zero-order valence-electron chi connectivity index (χ0n) is 13.2. The molecule has 0 aliphatic carbocycles. The Bertz CT molecular complexity index is 957. The fourth-order valence-corrected chi connectivity index (χ4v) is 4.89. The van der Waals surface area contributed by atoms with Crippen LogP contribution in [0.5, 0.6) is 5.75 Å². The van der Waals surface area contributed by atoms with E-state index in [0.29, 0.717) is 23.0 Å². The molecule has 0 radical (unpaired) electrons. The second-order valence-corrected chi connectivity index (χ2v) is 8.44. The van der Waals surface area contributed by atoms with Crippen LogP contribution in [-0.4, -0.2) is 31.9 Å². The third-order valence-electron chi connectivity index (χ3n) is 3.79. The minimum atomic E-state index is -3.78. The lowest BCUT2D eigenvalue weighted by molar-refractivity contribution is 0.213. The maximum atomic E-state index is 12.8. The lowest BCUT2D eigenvalue weighted by Crippen LogP contribution is -2.31. The lowest BCUT2D eigenvalue weighted by atomic mass is 10.3. The van der Waals surface area contributed by atoms with E-state index in [1.807, 2.05) is 0 Å². The fourth-order valence-electron chi connectivity index (χ4n) is 2.66. The molecule has 0 spiro atoms. The lowest BCUT2D eigenvalue weighted by Gasteiger charge is -2.18. The van der Waals surface area contributed by atoms with Crippen molar-refractivity contribution in [2.75, 3.05) is 13.1 Å². The first-order valence-electron chi connectivity index (χ1n) is 7.49. The summed E-state index contributed by atoms with van der Waals surface area (Å²) in [4.78, 5) is 11.4. The molecule has 0 bridgehead atoms. The monoisotopic (exact) mass is 403 g/mol. The predicted molar refractivity (Wildman–Crippen MR) is 94.0 cm³/mol. The molecule has 0 amide bonds. The number of aryl methyl sites for hydroxylation is 1. The maximum Gasteiger partial charge on any atom is 0.339 e. The molecule has 2 aromatic rings. The topological polar surface area (TPSA) is 76.8 Å². The summed E-state index contributed by atoms with van der Waals surface area (Å²) in [5, 5.41) is 0.409. The van der Waals surface area contributed by atoms with Crippen LogP contribution in [0.25, 0.3) is 0 Å². The summed E-state index contributed by atoms with van der Waals surface area (Å²) in [7, 11) is -3.78. The molecule has 1 unspecified atom stereocenters. The van der Waals surface area contributed by atoms with Crippen molar-refractivity contribution >= 4 is 33.2 Å². The molecule has 3 rings (SSSR count). The SMILES string of the molecule is Cc1cc(OC2CCN(S(=O)(=O)c3cc(Cl)ccc3Cl)C2)cc(=O)o1. The molecule has 1 aromatic heterocycles. The van der Waals surface area contributed by atoms with Gasteiger partial charge in [0, 0.05) is 17.6 Å². The summed E-state index contributed by atoms with van der Waals surface area (Å²) in [5.41, 5.74) is -0.511. The van der Waals surface area contributed by atoms with Crippen LogP contribution in [0, 0.1) is 6.92 Å². The average molecular weight is 404 g/mol. The van der Waals surface area contributed by atoms with Crippen LogP contribution in [0.1, 0.15) is 12.2 Å². The van der Waals surface area contributed by atoms with E-state index in [2.05, 4.69) is 0 Å². The largest absolute Gasteiger partial charge is 0.489 e. The smallest absolute Gasteiger partial charge is 0.339 e. The zero-order chi connectivity index (χ0) is 18.2. The summed E-state index contributed by atoms with van der Waals surface area (Å²) >= 11 is 11.9. The first kappa shape index (κ1) is 18.3. The first-order chi connectivity index (χ1) is 11.8. The van der Waals surface area contributed by atoms with Crippen LogP contribution in [0.2, 0.25) is 10.0 Å². The molecule has 134 valence electrons. The Morgan fingerprint density at radius 1 is 1.24 bits per heavy atom. The Hall–Kier alpha value is -1.54. The first-order valence-corrected chi connectivity index (χ1v) is 9.69. The minimum absolute atomic E-state index is 0.0292. The third kappa shape index (κ3) is 4.00. The second kappa shape index (κ2) is 6.99. The van der Waals surface area contributed by atoms with E-state index < -0.39 is 15.6 Å². The number of hydrogen-bond acceptors (Lipinski definition) is 5. The Morgan fingerprint density at radius 3 is 2.72 bits per heavy atom. The summed E-state index contributed by atoms with van der Waals surface area (Å²) in [5.74, 6) is 0.787. The van der Waals surface area contributed by atoms with Crippen LogP contribution in [0.3, 0.4) is 0 Å². The van der Waals surface area contributed by atoms with Crippen molar-refractivity contribution in [1.29, 1.82) is 0 Å². The van der Waals surface area contributed by atoms with Gasteiger partial charge in [0.15, 0.2) is 0 Å². The normalized spacial score (nSPS) is 18.4. The summed E-state index contributed by atoms with van der Waals surface area (Å²) < 4.78 is 37.4. The Labute approximate surface area is 155 Å². The molecule has 25 heavy (non-hydrogen) atoms. The van der Waals surface area contributed by atoms with Crippen molar-refractivity contribution in [2.24, 2.45) is 0 Å². The highest BCUT2D eigenvalue weighted by Crippen LogP contribution is 2.30. The highest BCUT2D eigenvalue weighted by molar-refractivity contribution is 7.89. The molecule has 1 aromatic carbocycles. The van der Waals surface area contributed by atoms with Crippen LogP contribution in [0.4, 0.5) is 0 Å². The van der Waals surface area contributed by atoms with Crippen molar-refractivity contribution in [3.63, 3.8) is 0 Å². The second-order valence-electron chi connectivity index (χ2n) is 5.69. The van der Waals surface area contributed by atoms with Crippen molar-refractivity contribution in [1.82, 2.24) is 4.31 Å². The average Bonchev–Trinajstić information content (AvgIpc) is 2.98. The van der Waals surface area contributed by atoms with Crippen LogP contribution in [0.15, 0.2) is 44.4 Å². The highest BCUT2D eigenvalue weighted by Gasteiger charge is 2.35. The summed E-state index contributed by atoms with van der Waals surface area (Å²) in [6.07, 6.45) is 0.130. The van der Waals surface area contributed by atoms with Crippen molar-refractivity contribution in [2.45, 2.75) is 24.3 Å². The van der Waals surface area contributed by atoms with Gasteiger partial charge in [0.1, 0.15) is 22.5 Å². The molecule has 1 saturated heterocycles. The number of nitrogens with zero attached hydrogens (tertiary/aromatic N) is 1. The zero-order valence-corrected chi connectivity index (χ0v) is 15.6.